The Hall–Kier alpha value is -0.610. The van der Waals surface area contributed by atoms with Crippen molar-refractivity contribution in [3.63, 3.8) is 0 Å². The molecule has 0 aromatic rings. The molecule has 0 fully saturated rings. The number of carbonyl (C=O) groups is 1. The molecule has 0 bridgehead atoms. The van der Waals surface area contributed by atoms with Crippen LogP contribution in [0.25, 0.3) is 0 Å². The second kappa shape index (κ2) is 12.7. The molecule has 2 atom stereocenters. The predicted octanol–water partition coefficient (Wildman–Crippen LogP) is 7.02. The highest BCUT2D eigenvalue weighted by atomic mass is 17.5. The maximum Gasteiger partial charge on any atom is 0.348 e. The first-order valence-electron chi connectivity index (χ1n) is 10.6. The third-order valence-corrected chi connectivity index (χ3v) is 4.73. The first-order valence-corrected chi connectivity index (χ1v) is 10.6. The van der Waals surface area contributed by atoms with Gasteiger partial charge in [0.1, 0.15) is 5.60 Å². The maximum atomic E-state index is 12.5. The standard InChI is InChI=1S/C22H44O4/c1-9-12-14-18(11-3)16-19(15-13-10-2)20(23)24-26-25-22(7,8)17-21(4,5)6/h18-19H,9-17H2,1-8H3. The Morgan fingerprint density at radius 3 is 2.00 bits per heavy atom. The monoisotopic (exact) mass is 372 g/mol. The molecule has 0 heterocycles. The smallest absolute Gasteiger partial charge is 0.269 e. The van der Waals surface area contributed by atoms with E-state index in [0.717, 1.165) is 38.5 Å². The van der Waals surface area contributed by atoms with Crippen molar-refractivity contribution >= 4 is 5.97 Å². The van der Waals surface area contributed by atoms with Crippen molar-refractivity contribution in [2.24, 2.45) is 17.3 Å². The van der Waals surface area contributed by atoms with Crippen molar-refractivity contribution in [3.05, 3.63) is 0 Å². The number of carbonyl (C=O) groups excluding carboxylic acids is 1. The summed E-state index contributed by atoms with van der Waals surface area (Å²) in [6, 6.07) is 0. The van der Waals surface area contributed by atoms with Crippen molar-refractivity contribution < 1.29 is 19.6 Å². The lowest BCUT2D eigenvalue weighted by molar-refractivity contribution is -0.519. The van der Waals surface area contributed by atoms with Crippen LogP contribution in [0.2, 0.25) is 0 Å². The summed E-state index contributed by atoms with van der Waals surface area (Å²) >= 11 is 0. The zero-order valence-corrected chi connectivity index (χ0v) is 18.7. The van der Waals surface area contributed by atoms with E-state index in [1.54, 1.807) is 0 Å². The van der Waals surface area contributed by atoms with E-state index in [0.29, 0.717) is 5.92 Å². The van der Waals surface area contributed by atoms with Crippen LogP contribution in [-0.2, 0) is 19.6 Å². The van der Waals surface area contributed by atoms with Crippen LogP contribution in [0.15, 0.2) is 0 Å². The van der Waals surface area contributed by atoms with Gasteiger partial charge in [-0.1, -0.05) is 80.1 Å². The molecule has 0 radical (unpaired) electrons. The number of unbranched alkanes of at least 4 members (excludes halogenated alkanes) is 2. The lowest BCUT2D eigenvalue weighted by Crippen LogP contribution is -2.31. The van der Waals surface area contributed by atoms with Crippen LogP contribution in [0.5, 0.6) is 0 Å². The molecule has 0 spiro atoms. The molecule has 0 rings (SSSR count). The summed E-state index contributed by atoms with van der Waals surface area (Å²) in [5.41, 5.74) is -0.404. The molecule has 4 nitrogen and oxygen atoms in total. The van der Waals surface area contributed by atoms with Gasteiger partial charge in [-0.2, -0.15) is 4.89 Å². The second-order valence-electron chi connectivity index (χ2n) is 9.54. The summed E-state index contributed by atoms with van der Waals surface area (Å²) in [7, 11) is 0. The van der Waals surface area contributed by atoms with Crippen molar-refractivity contribution in [1.82, 2.24) is 0 Å². The topological polar surface area (TPSA) is 44.8 Å². The minimum atomic E-state index is -0.509. The number of rotatable bonds is 14. The Bertz CT molecular complexity index is 371. The van der Waals surface area contributed by atoms with Gasteiger partial charge < -0.3 is 0 Å². The zero-order valence-electron chi connectivity index (χ0n) is 18.7. The van der Waals surface area contributed by atoms with E-state index in [-0.39, 0.29) is 17.3 Å². The second-order valence-corrected chi connectivity index (χ2v) is 9.54. The fraction of sp³-hybridized carbons (Fsp3) is 0.955. The lowest BCUT2D eigenvalue weighted by atomic mass is 9.84. The molecule has 0 saturated carbocycles. The molecule has 0 aliphatic heterocycles. The molecule has 2 unspecified atom stereocenters. The van der Waals surface area contributed by atoms with Crippen molar-refractivity contribution in [2.75, 3.05) is 0 Å². The summed E-state index contributed by atoms with van der Waals surface area (Å²) in [6.07, 6.45) is 9.33. The van der Waals surface area contributed by atoms with E-state index in [4.69, 9.17) is 14.8 Å². The van der Waals surface area contributed by atoms with Crippen LogP contribution in [0.1, 0.15) is 113 Å². The van der Waals surface area contributed by atoms with Gasteiger partial charge in [0, 0.05) is 0 Å². The Balaban J connectivity index is 4.58. The first-order chi connectivity index (χ1) is 12.0. The van der Waals surface area contributed by atoms with E-state index < -0.39 is 5.60 Å². The Labute approximate surface area is 162 Å². The zero-order chi connectivity index (χ0) is 20.2. The average molecular weight is 373 g/mol. The number of hydrogen-bond acceptors (Lipinski definition) is 4. The molecule has 0 aromatic carbocycles. The first kappa shape index (κ1) is 25.4. The van der Waals surface area contributed by atoms with E-state index in [1.165, 1.54) is 19.3 Å². The summed E-state index contributed by atoms with van der Waals surface area (Å²) in [5.74, 6) is 0.175. The molecule has 0 amide bonds. The van der Waals surface area contributed by atoms with E-state index in [2.05, 4.69) is 41.5 Å². The predicted molar refractivity (Wildman–Crippen MR) is 107 cm³/mol. The van der Waals surface area contributed by atoms with Gasteiger partial charge >= 0.3 is 5.97 Å². The van der Waals surface area contributed by atoms with Gasteiger partial charge in [-0.25, -0.2) is 4.79 Å². The Morgan fingerprint density at radius 2 is 1.50 bits per heavy atom. The highest BCUT2D eigenvalue weighted by Gasteiger charge is 2.29. The molecular weight excluding hydrogens is 328 g/mol. The summed E-state index contributed by atoms with van der Waals surface area (Å²) in [4.78, 5) is 22.9. The molecule has 0 N–H and O–H groups in total. The SMILES string of the molecule is CCCCC(CC)CC(CCCC)C(=O)OOOC(C)(C)CC(C)(C)C. The van der Waals surface area contributed by atoms with Crippen LogP contribution < -0.4 is 0 Å². The largest absolute Gasteiger partial charge is 0.348 e. The van der Waals surface area contributed by atoms with Crippen molar-refractivity contribution in [3.8, 4) is 0 Å². The van der Waals surface area contributed by atoms with Gasteiger partial charge in [0.25, 0.3) is 0 Å². The van der Waals surface area contributed by atoms with Gasteiger partial charge in [-0.3, -0.25) is 4.89 Å². The van der Waals surface area contributed by atoms with E-state index in [9.17, 15) is 4.79 Å². The summed E-state index contributed by atoms with van der Waals surface area (Å²) < 4.78 is 0. The quantitative estimate of drug-likeness (QED) is 0.243. The molecule has 0 aliphatic rings. The Kier molecular flexibility index (Phi) is 12.4. The highest BCUT2D eigenvalue weighted by Crippen LogP contribution is 2.30. The molecule has 4 heteroatoms. The van der Waals surface area contributed by atoms with Gasteiger partial charge in [0.15, 0.2) is 0 Å². The van der Waals surface area contributed by atoms with Crippen LogP contribution in [0, 0.1) is 17.3 Å². The van der Waals surface area contributed by atoms with Crippen molar-refractivity contribution in [2.45, 2.75) is 119 Å². The molecule has 26 heavy (non-hydrogen) atoms. The van der Waals surface area contributed by atoms with E-state index in [1.807, 2.05) is 13.8 Å². The van der Waals surface area contributed by atoms with Gasteiger partial charge in [0.2, 0.25) is 0 Å². The Morgan fingerprint density at radius 1 is 0.923 bits per heavy atom. The molecule has 0 aliphatic carbocycles. The van der Waals surface area contributed by atoms with Gasteiger partial charge in [-0.15, -0.1) is 0 Å². The third-order valence-electron chi connectivity index (χ3n) is 4.73. The fourth-order valence-corrected chi connectivity index (χ4v) is 3.68. The molecule has 0 aromatic heterocycles. The minimum absolute atomic E-state index is 0.105. The highest BCUT2D eigenvalue weighted by molar-refractivity contribution is 5.71. The van der Waals surface area contributed by atoms with Crippen LogP contribution in [-0.4, -0.2) is 11.6 Å². The van der Waals surface area contributed by atoms with Gasteiger partial charge in [0.05, 0.1) is 5.92 Å². The van der Waals surface area contributed by atoms with Crippen molar-refractivity contribution in [1.29, 1.82) is 0 Å². The molecule has 156 valence electrons. The lowest BCUT2D eigenvalue weighted by Gasteiger charge is -2.30. The third kappa shape index (κ3) is 12.7. The minimum Gasteiger partial charge on any atom is -0.269 e. The molecular formula is C22H44O4. The van der Waals surface area contributed by atoms with E-state index >= 15 is 0 Å². The van der Waals surface area contributed by atoms with Crippen LogP contribution in [0.3, 0.4) is 0 Å². The van der Waals surface area contributed by atoms with Crippen LogP contribution in [0.4, 0.5) is 0 Å². The molecule has 0 saturated heterocycles. The normalized spacial score (nSPS) is 14.9. The maximum absolute atomic E-state index is 12.5. The average Bonchev–Trinajstić information content (AvgIpc) is 2.51. The summed E-state index contributed by atoms with van der Waals surface area (Å²) in [6.45, 7) is 16.9. The van der Waals surface area contributed by atoms with Gasteiger partial charge in [-0.05, 0) is 49.5 Å². The fourth-order valence-electron chi connectivity index (χ4n) is 3.68. The summed E-state index contributed by atoms with van der Waals surface area (Å²) in [5, 5.41) is 4.91. The number of hydrogen-bond donors (Lipinski definition) is 0. The van der Waals surface area contributed by atoms with Crippen LogP contribution >= 0.6 is 0 Å².